The average molecular weight is 408 g/mol. The summed E-state index contributed by atoms with van der Waals surface area (Å²) in [6, 6.07) is 8.11. The lowest BCUT2D eigenvalue weighted by Crippen LogP contribution is -3.00. The zero-order valence-corrected chi connectivity index (χ0v) is 15.7. The standard InChI is InChI=1S/C16H15ClN7O2.ClH/c1-22-6-4-11(5-7-22)10-23-16(18)14(9-19-23)21-20-12-2-3-13(17)15(8-12)24(25)26;/h2-9H,10,18H2,1H3;1H/q+1;/p-1/b21-20+;. The molecule has 27 heavy (non-hydrogen) atoms. The second-order valence-electron chi connectivity index (χ2n) is 5.54. The summed E-state index contributed by atoms with van der Waals surface area (Å²) >= 11 is 5.77. The van der Waals surface area contributed by atoms with E-state index in [9.17, 15) is 10.1 Å². The van der Waals surface area contributed by atoms with Crippen LogP contribution in [0.15, 0.2) is 59.2 Å². The molecule has 3 aromatic rings. The van der Waals surface area contributed by atoms with E-state index in [2.05, 4.69) is 15.3 Å². The van der Waals surface area contributed by atoms with Gasteiger partial charge in [-0.2, -0.15) is 10.2 Å². The third-order valence-corrected chi connectivity index (χ3v) is 3.96. The molecule has 2 aromatic heterocycles. The molecule has 0 spiro atoms. The largest absolute Gasteiger partial charge is 1.00 e. The lowest BCUT2D eigenvalue weighted by molar-refractivity contribution is -0.671. The number of rotatable bonds is 5. The summed E-state index contributed by atoms with van der Waals surface area (Å²) in [6.07, 6.45) is 5.36. The first kappa shape index (κ1) is 20.3. The third-order valence-electron chi connectivity index (χ3n) is 3.64. The summed E-state index contributed by atoms with van der Waals surface area (Å²) in [6.45, 7) is 0.495. The molecule has 2 N–H and O–H groups in total. The summed E-state index contributed by atoms with van der Waals surface area (Å²) < 4.78 is 3.54. The number of halogens is 2. The van der Waals surface area contributed by atoms with Gasteiger partial charge in [-0.15, -0.1) is 5.11 Å². The fourth-order valence-corrected chi connectivity index (χ4v) is 2.40. The van der Waals surface area contributed by atoms with Gasteiger partial charge in [0.15, 0.2) is 12.4 Å². The predicted octanol–water partition coefficient (Wildman–Crippen LogP) is 0.319. The van der Waals surface area contributed by atoms with Crippen LogP contribution in [0.1, 0.15) is 5.56 Å². The molecule has 0 aliphatic rings. The Labute approximate surface area is 165 Å². The van der Waals surface area contributed by atoms with Crippen molar-refractivity contribution in [3.63, 3.8) is 0 Å². The highest BCUT2D eigenvalue weighted by Crippen LogP contribution is 2.30. The molecule has 0 saturated heterocycles. The Morgan fingerprint density at radius 2 is 2.00 bits per heavy atom. The smallest absolute Gasteiger partial charge is 0.290 e. The van der Waals surface area contributed by atoms with Gasteiger partial charge in [-0.3, -0.25) is 10.1 Å². The molecule has 0 fully saturated rings. The maximum absolute atomic E-state index is 10.9. The number of pyridine rings is 1. The highest BCUT2D eigenvalue weighted by Gasteiger charge is 2.13. The van der Waals surface area contributed by atoms with E-state index in [0.29, 0.717) is 23.7 Å². The van der Waals surface area contributed by atoms with Crippen molar-refractivity contribution in [3.05, 3.63) is 69.6 Å². The van der Waals surface area contributed by atoms with Crippen LogP contribution in [-0.2, 0) is 13.6 Å². The minimum atomic E-state index is -0.576. The monoisotopic (exact) mass is 407 g/mol. The number of aromatic nitrogens is 3. The summed E-state index contributed by atoms with van der Waals surface area (Å²) in [4.78, 5) is 10.3. The Morgan fingerprint density at radius 3 is 2.67 bits per heavy atom. The molecule has 0 amide bonds. The molecule has 0 unspecified atom stereocenters. The maximum atomic E-state index is 10.9. The minimum absolute atomic E-state index is 0. The number of benzene rings is 1. The molecule has 0 atom stereocenters. The van der Waals surface area contributed by atoms with Crippen LogP contribution in [0.3, 0.4) is 0 Å². The molecule has 0 bridgehead atoms. The first-order valence-corrected chi connectivity index (χ1v) is 7.93. The van der Waals surface area contributed by atoms with Gasteiger partial charge in [-0.25, -0.2) is 9.25 Å². The van der Waals surface area contributed by atoms with Crippen LogP contribution >= 0.6 is 11.6 Å². The van der Waals surface area contributed by atoms with Gasteiger partial charge >= 0.3 is 0 Å². The summed E-state index contributed by atoms with van der Waals surface area (Å²) in [5.41, 5.74) is 7.54. The molecule has 2 heterocycles. The van der Waals surface area contributed by atoms with Crippen LogP contribution in [0.2, 0.25) is 5.02 Å². The summed E-state index contributed by atoms with van der Waals surface area (Å²) in [5.74, 6) is 0.352. The van der Waals surface area contributed by atoms with Crippen molar-refractivity contribution in [3.8, 4) is 0 Å². The predicted molar refractivity (Wildman–Crippen MR) is 95.6 cm³/mol. The molecule has 1 aromatic carbocycles. The summed E-state index contributed by atoms with van der Waals surface area (Å²) in [7, 11) is 1.94. The number of nitrogens with two attached hydrogens (primary N) is 1. The molecule has 140 valence electrons. The van der Waals surface area contributed by atoms with E-state index >= 15 is 0 Å². The number of nitro groups is 1. The van der Waals surface area contributed by atoms with Crippen molar-refractivity contribution in [1.82, 2.24) is 9.78 Å². The number of aryl methyl sites for hydroxylation is 1. The first-order chi connectivity index (χ1) is 12.4. The van der Waals surface area contributed by atoms with Crippen molar-refractivity contribution >= 4 is 34.5 Å². The van der Waals surface area contributed by atoms with E-state index in [1.807, 2.05) is 36.1 Å². The van der Waals surface area contributed by atoms with Gasteiger partial charge in [0.05, 0.1) is 23.4 Å². The fourth-order valence-electron chi connectivity index (χ4n) is 2.21. The van der Waals surface area contributed by atoms with E-state index < -0.39 is 4.92 Å². The van der Waals surface area contributed by atoms with E-state index in [-0.39, 0.29) is 23.1 Å². The van der Waals surface area contributed by atoms with Crippen LogP contribution in [0, 0.1) is 10.1 Å². The van der Waals surface area contributed by atoms with Crippen LogP contribution in [0.25, 0.3) is 0 Å². The number of azo groups is 1. The van der Waals surface area contributed by atoms with Gasteiger partial charge in [0.2, 0.25) is 0 Å². The number of nitrogens with zero attached hydrogens (tertiary/aromatic N) is 6. The number of hydrogen-bond acceptors (Lipinski definition) is 6. The van der Waals surface area contributed by atoms with Crippen LogP contribution < -0.4 is 22.7 Å². The van der Waals surface area contributed by atoms with Crippen LogP contribution in [0.4, 0.5) is 22.9 Å². The second-order valence-corrected chi connectivity index (χ2v) is 5.94. The van der Waals surface area contributed by atoms with E-state index in [0.717, 1.165) is 5.56 Å². The number of nitrogen functional groups attached to an aromatic ring is 1. The first-order valence-electron chi connectivity index (χ1n) is 7.55. The number of anilines is 1. The second kappa shape index (κ2) is 8.56. The summed E-state index contributed by atoms with van der Waals surface area (Å²) in [5, 5.41) is 23.2. The van der Waals surface area contributed by atoms with E-state index in [1.54, 1.807) is 4.68 Å². The lowest BCUT2D eigenvalue weighted by Gasteiger charge is -2.03. The van der Waals surface area contributed by atoms with Crippen molar-refractivity contribution < 1.29 is 21.9 Å². The maximum Gasteiger partial charge on any atom is 0.290 e. The zero-order chi connectivity index (χ0) is 18.7. The SMILES string of the molecule is C[n+]1ccc(Cn2ncc(/N=N/c3ccc(Cl)c([N+](=O)[O-])c3)c2N)cc1.[Cl-]. The third kappa shape index (κ3) is 4.78. The van der Waals surface area contributed by atoms with Crippen LogP contribution in [0.5, 0.6) is 0 Å². The quantitative estimate of drug-likeness (QED) is 0.283. The topological polar surface area (TPSA) is 116 Å². The Morgan fingerprint density at radius 1 is 1.30 bits per heavy atom. The highest BCUT2D eigenvalue weighted by molar-refractivity contribution is 6.32. The lowest BCUT2D eigenvalue weighted by atomic mass is 10.3. The minimum Gasteiger partial charge on any atom is -1.00 e. The molecular weight excluding hydrogens is 393 g/mol. The molecule has 11 heteroatoms. The molecule has 9 nitrogen and oxygen atoms in total. The van der Waals surface area contributed by atoms with Crippen molar-refractivity contribution in [2.75, 3.05) is 5.73 Å². The molecular formula is C16H15Cl2N7O2. The molecule has 3 rings (SSSR count). The Bertz CT molecular complexity index is 987. The fraction of sp³-hybridized carbons (Fsp3) is 0.125. The number of hydrogen-bond donors (Lipinski definition) is 1. The van der Waals surface area contributed by atoms with Gasteiger partial charge in [0.25, 0.3) is 5.69 Å². The normalized spacial score (nSPS) is 10.7. The van der Waals surface area contributed by atoms with E-state index in [4.69, 9.17) is 17.3 Å². The van der Waals surface area contributed by atoms with Gasteiger partial charge in [0.1, 0.15) is 23.6 Å². The highest BCUT2D eigenvalue weighted by atomic mass is 35.5. The van der Waals surface area contributed by atoms with Crippen molar-refractivity contribution in [2.24, 2.45) is 17.3 Å². The Hall–Kier alpha value is -3.04. The van der Waals surface area contributed by atoms with Gasteiger partial charge in [-0.05, 0) is 17.7 Å². The van der Waals surface area contributed by atoms with Gasteiger partial charge < -0.3 is 18.1 Å². The van der Waals surface area contributed by atoms with Gasteiger partial charge in [0, 0.05) is 18.2 Å². The number of nitro benzene ring substituents is 1. The van der Waals surface area contributed by atoms with Crippen molar-refractivity contribution in [1.29, 1.82) is 0 Å². The molecule has 0 aliphatic heterocycles. The molecule has 0 aliphatic carbocycles. The van der Waals surface area contributed by atoms with Gasteiger partial charge in [-0.1, -0.05) is 11.6 Å². The Kier molecular flexibility index (Phi) is 6.43. The van der Waals surface area contributed by atoms with Crippen LogP contribution in [-0.4, -0.2) is 14.7 Å². The molecule has 0 radical (unpaired) electrons. The Balaban J connectivity index is 0.00000261. The average Bonchev–Trinajstić information content (AvgIpc) is 2.96. The van der Waals surface area contributed by atoms with E-state index in [1.165, 1.54) is 24.4 Å². The zero-order valence-electron chi connectivity index (χ0n) is 14.2. The van der Waals surface area contributed by atoms with Crippen molar-refractivity contribution in [2.45, 2.75) is 6.54 Å². The molecule has 0 saturated carbocycles.